The lowest BCUT2D eigenvalue weighted by molar-refractivity contribution is -0.137. The predicted molar refractivity (Wildman–Crippen MR) is 324 cm³/mol. The Labute approximate surface area is 475 Å². The van der Waals surface area contributed by atoms with Crippen LogP contribution in [0.3, 0.4) is 0 Å². The third-order valence-corrected chi connectivity index (χ3v) is 15.4. The van der Waals surface area contributed by atoms with Crippen LogP contribution in [0, 0.1) is 54.1 Å². The number of hydrogen-bond donors (Lipinski definition) is 0. The van der Waals surface area contributed by atoms with Crippen LogP contribution in [0.15, 0.2) is 224 Å². The molecule has 0 saturated heterocycles. The van der Waals surface area contributed by atoms with Gasteiger partial charge in [-0.05, 0) is 207 Å². The number of aromatic nitrogens is 2. The summed E-state index contributed by atoms with van der Waals surface area (Å²) in [5, 5.41) is 33.1. The van der Waals surface area contributed by atoms with Crippen LogP contribution in [-0.2, 0) is 6.18 Å². The van der Waals surface area contributed by atoms with E-state index in [1.54, 1.807) is 43.3 Å². The van der Waals surface area contributed by atoms with E-state index in [9.17, 15) is 29.0 Å². The van der Waals surface area contributed by atoms with Crippen molar-refractivity contribution in [2.45, 2.75) is 13.1 Å². The van der Waals surface area contributed by atoms with Gasteiger partial charge in [0.15, 0.2) is 11.4 Å². The number of benzene rings is 11. The average Bonchev–Trinajstić information content (AvgIpc) is 2.16. The molecule has 388 valence electrons. The number of nitrogens with zero attached hydrogens (tertiary/aromatic N) is 7. The normalized spacial score (nSPS) is 11.3. The minimum atomic E-state index is -4.60. The second-order valence-corrected chi connectivity index (χ2v) is 20.5. The highest BCUT2D eigenvalue weighted by molar-refractivity contribution is 6.14. The molecule has 0 bridgehead atoms. The summed E-state index contributed by atoms with van der Waals surface area (Å²) in [6, 6.07) is 76.7. The molecule has 0 unspecified atom stereocenters. The van der Waals surface area contributed by atoms with Gasteiger partial charge in [-0.2, -0.15) is 29.0 Å². The van der Waals surface area contributed by atoms with Gasteiger partial charge in [0.25, 0.3) is 0 Å². The summed E-state index contributed by atoms with van der Waals surface area (Å²) in [7, 11) is 0. The fourth-order valence-electron chi connectivity index (χ4n) is 11.6. The van der Waals surface area contributed by atoms with E-state index in [0.717, 1.165) is 99.9 Å². The second-order valence-electron chi connectivity index (χ2n) is 20.5. The fourth-order valence-corrected chi connectivity index (χ4v) is 11.6. The highest BCUT2D eigenvalue weighted by Gasteiger charge is 2.31. The summed E-state index contributed by atoms with van der Waals surface area (Å²) in [4.78, 5) is 7.83. The molecular weight excluding hydrogens is 1030 g/mol. The molecular formula is C73H40F3N7. The standard InChI is InChI=1S/C73H40F3N7/c1-44-28-57(33-58(29-44)73(74,75)76)56-20-27-70(83-71-25-18-54(50-13-6-10-47(32-50)43-79)37-65(71)66-38-55(19-26-72(66)83)51-14-7-15-59(34-51)80-2)62(39-56)61-40-60(21-22-67(61)81-3)82-68-23-16-52(48-11-4-8-45(30-48)41-77)35-63(68)64-36-53(17-24-69(64)82)49-12-5-9-46(31-49)42-78/h4-40H,1H3. The molecule has 0 saturated carbocycles. The maximum Gasteiger partial charge on any atom is 0.416 e. The fraction of sp³-hybridized carbons (Fsp3) is 0.0274. The van der Waals surface area contributed by atoms with Gasteiger partial charge in [0, 0.05) is 27.2 Å². The van der Waals surface area contributed by atoms with E-state index in [4.69, 9.17) is 13.1 Å². The van der Waals surface area contributed by atoms with E-state index < -0.39 is 11.7 Å². The molecule has 0 amide bonds. The van der Waals surface area contributed by atoms with Crippen LogP contribution in [0.25, 0.3) is 131 Å². The Morgan fingerprint density at radius 1 is 0.386 bits per heavy atom. The Balaban J connectivity index is 1.09. The summed E-state index contributed by atoms with van der Waals surface area (Å²) in [5.41, 5.74) is 15.8. The van der Waals surface area contributed by atoms with E-state index in [1.165, 1.54) is 6.07 Å². The van der Waals surface area contributed by atoms with Crippen LogP contribution in [0.2, 0.25) is 0 Å². The minimum absolute atomic E-state index is 0.315. The van der Waals surface area contributed by atoms with Crippen molar-refractivity contribution in [3.8, 4) is 96.3 Å². The Hall–Kier alpha value is -11.7. The molecule has 83 heavy (non-hydrogen) atoms. The van der Waals surface area contributed by atoms with Gasteiger partial charge in [0.1, 0.15) is 0 Å². The van der Waals surface area contributed by atoms with Crippen LogP contribution < -0.4 is 0 Å². The molecule has 0 fully saturated rings. The quantitative estimate of drug-likeness (QED) is 0.142. The molecule has 2 aromatic heterocycles. The molecule has 7 nitrogen and oxygen atoms in total. The molecule has 0 aliphatic carbocycles. The summed E-state index contributed by atoms with van der Waals surface area (Å²) in [5.74, 6) is 0. The van der Waals surface area contributed by atoms with Crippen LogP contribution in [0.5, 0.6) is 0 Å². The van der Waals surface area contributed by atoms with Crippen molar-refractivity contribution in [3.05, 3.63) is 275 Å². The number of rotatable bonds is 8. The number of nitriles is 3. The number of halogens is 3. The van der Waals surface area contributed by atoms with Crippen molar-refractivity contribution in [2.75, 3.05) is 0 Å². The molecule has 13 rings (SSSR count). The zero-order valence-electron chi connectivity index (χ0n) is 44.1. The van der Waals surface area contributed by atoms with Crippen molar-refractivity contribution < 1.29 is 13.2 Å². The first-order valence-electron chi connectivity index (χ1n) is 26.4. The van der Waals surface area contributed by atoms with Crippen molar-refractivity contribution >= 4 is 55.0 Å². The van der Waals surface area contributed by atoms with Gasteiger partial charge in [-0.25, -0.2) is 9.69 Å². The molecule has 11 aromatic carbocycles. The number of fused-ring (bicyclic) bond motifs is 6. The van der Waals surface area contributed by atoms with Crippen LogP contribution in [-0.4, -0.2) is 9.13 Å². The maximum absolute atomic E-state index is 14.6. The summed E-state index contributed by atoms with van der Waals surface area (Å²) < 4.78 is 48.1. The highest BCUT2D eigenvalue weighted by Crippen LogP contribution is 2.46. The van der Waals surface area contributed by atoms with Gasteiger partial charge in [-0.3, -0.25) is 0 Å². The highest BCUT2D eigenvalue weighted by atomic mass is 19.4. The third kappa shape index (κ3) is 9.04. The van der Waals surface area contributed by atoms with Gasteiger partial charge in [0.05, 0.1) is 81.4 Å². The molecule has 0 radical (unpaired) electrons. The van der Waals surface area contributed by atoms with Crippen molar-refractivity contribution in [1.82, 2.24) is 9.13 Å². The Morgan fingerprint density at radius 2 is 0.819 bits per heavy atom. The van der Waals surface area contributed by atoms with Crippen molar-refractivity contribution in [3.63, 3.8) is 0 Å². The number of alkyl halides is 3. The lowest BCUT2D eigenvalue weighted by Gasteiger charge is -2.19. The molecule has 0 N–H and O–H groups in total. The smallest absolute Gasteiger partial charge is 0.309 e. The number of aryl methyl sites for hydroxylation is 1. The number of hydrogen-bond acceptors (Lipinski definition) is 3. The topological polar surface area (TPSA) is 90.0 Å². The van der Waals surface area contributed by atoms with E-state index in [0.29, 0.717) is 61.6 Å². The molecule has 0 aliphatic rings. The first-order valence-corrected chi connectivity index (χ1v) is 26.4. The summed E-state index contributed by atoms with van der Waals surface area (Å²) >= 11 is 0. The zero-order valence-corrected chi connectivity index (χ0v) is 44.1. The van der Waals surface area contributed by atoms with Crippen LogP contribution >= 0.6 is 0 Å². The maximum atomic E-state index is 14.6. The predicted octanol–water partition coefficient (Wildman–Crippen LogP) is 19.9. The molecule has 0 aliphatic heterocycles. The van der Waals surface area contributed by atoms with Crippen LogP contribution in [0.4, 0.5) is 24.5 Å². The monoisotopic (exact) mass is 1070 g/mol. The van der Waals surface area contributed by atoms with Crippen molar-refractivity contribution in [1.29, 1.82) is 15.8 Å². The van der Waals surface area contributed by atoms with Gasteiger partial charge >= 0.3 is 6.18 Å². The average molecular weight is 1070 g/mol. The molecule has 13 aromatic rings. The van der Waals surface area contributed by atoms with Gasteiger partial charge in [0.2, 0.25) is 0 Å². The van der Waals surface area contributed by atoms with E-state index in [1.807, 2.05) is 140 Å². The van der Waals surface area contributed by atoms with Gasteiger partial charge < -0.3 is 9.13 Å². The molecule has 0 spiro atoms. The Morgan fingerprint density at radius 3 is 1.28 bits per heavy atom. The SMILES string of the molecule is [C-]#[N+]c1cccc(-c2ccc3c(c2)c2cc(-c4cccc(C#N)c4)ccc2n3-c2ccc(-c3cc(C)cc(C(F)(F)F)c3)cc2-c2cc(-n3c4ccc(-c5cccc(C#N)c5)cc4c4cc(-c5cccc(C#N)c5)ccc43)ccc2[N+]#[C-])c1. The first kappa shape index (κ1) is 50.7. The van der Waals surface area contributed by atoms with Gasteiger partial charge in [-0.15, -0.1) is 0 Å². The Kier molecular flexibility index (Phi) is 12.3. The molecule has 2 heterocycles. The van der Waals surface area contributed by atoms with Gasteiger partial charge in [-0.1, -0.05) is 97.1 Å². The lowest BCUT2D eigenvalue weighted by atomic mass is 9.94. The first-order chi connectivity index (χ1) is 40.4. The molecule has 10 heteroatoms. The van der Waals surface area contributed by atoms with Crippen molar-refractivity contribution in [2.24, 2.45) is 0 Å². The van der Waals surface area contributed by atoms with E-state index in [-0.39, 0.29) is 0 Å². The summed E-state index contributed by atoms with van der Waals surface area (Å²) in [6.45, 7) is 18.1. The molecule has 0 atom stereocenters. The zero-order chi connectivity index (χ0) is 57.1. The lowest BCUT2D eigenvalue weighted by Crippen LogP contribution is -2.05. The van der Waals surface area contributed by atoms with Crippen LogP contribution in [0.1, 0.15) is 27.8 Å². The second kappa shape index (κ2) is 20.2. The van der Waals surface area contributed by atoms with E-state index >= 15 is 0 Å². The third-order valence-electron chi connectivity index (χ3n) is 15.4. The minimum Gasteiger partial charge on any atom is -0.309 e. The largest absolute Gasteiger partial charge is 0.416 e. The van der Waals surface area contributed by atoms with E-state index in [2.05, 4.69) is 73.4 Å². The Bertz CT molecular complexity index is 4890. The summed E-state index contributed by atoms with van der Waals surface area (Å²) in [6.07, 6.45) is -4.60.